The Balaban J connectivity index is 1.38. The van der Waals surface area contributed by atoms with Gasteiger partial charge in [-0.2, -0.15) is 0 Å². The zero-order chi connectivity index (χ0) is 27.7. The van der Waals surface area contributed by atoms with Crippen LogP contribution in [-0.2, 0) is 16.0 Å². The summed E-state index contributed by atoms with van der Waals surface area (Å²) in [5, 5.41) is 22.4. The van der Waals surface area contributed by atoms with Crippen molar-refractivity contribution in [2.45, 2.75) is 83.5 Å². The molecule has 1 aliphatic carbocycles. The second-order valence-electron chi connectivity index (χ2n) is 12.1. The Labute approximate surface area is 229 Å². The van der Waals surface area contributed by atoms with Crippen molar-refractivity contribution < 1.29 is 14.7 Å². The summed E-state index contributed by atoms with van der Waals surface area (Å²) in [7, 11) is 0. The van der Waals surface area contributed by atoms with Gasteiger partial charge < -0.3 is 15.3 Å². The summed E-state index contributed by atoms with van der Waals surface area (Å²) in [6, 6.07) is 12.0. The van der Waals surface area contributed by atoms with E-state index in [2.05, 4.69) is 32.7 Å². The Morgan fingerprint density at radius 1 is 1.13 bits per heavy atom. The van der Waals surface area contributed by atoms with Crippen molar-refractivity contribution in [2.75, 3.05) is 6.54 Å². The fraction of sp³-hybridized carbons (Fsp3) is 0.500. The van der Waals surface area contributed by atoms with Crippen LogP contribution in [0.4, 0.5) is 0 Å². The molecule has 4 atom stereocenters. The molecule has 1 aliphatic heterocycles. The van der Waals surface area contributed by atoms with E-state index >= 15 is 0 Å². The number of nitrogens with one attached hydrogen (secondary N) is 1. The van der Waals surface area contributed by atoms with Crippen LogP contribution in [0, 0.1) is 12.3 Å². The number of β-amino-alcohol motifs (C(OH)–C–C–N with tert-alkyl or cyclic N) is 1. The van der Waals surface area contributed by atoms with E-state index in [1.54, 1.807) is 10.9 Å². The number of hydrogen-bond donors (Lipinski definition) is 2. The number of carbonyl (C=O) groups excluding carboxylic acids is 2. The maximum absolute atomic E-state index is 14.1. The van der Waals surface area contributed by atoms with Gasteiger partial charge in [0, 0.05) is 31.3 Å². The third-order valence-electron chi connectivity index (χ3n) is 7.63. The van der Waals surface area contributed by atoms with Crippen LogP contribution in [0.2, 0.25) is 0 Å². The first kappa shape index (κ1) is 27.0. The maximum atomic E-state index is 14.1. The van der Waals surface area contributed by atoms with Gasteiger partial charge in [0.05, 0.1) is 23.5 Å². The van der Waals surface area contributed by atoms with E-state index in [-0.39, 0.29) is 30.8 Å². The summed E-state index contributed by atoms with van der Waals surface area (Å²) in [6.07, 6.45) is 5.71. The summed E-state index contributed by atoms with van der Waals surface area (Å²) in [4.78, 5) is 33.8. The van der Waals surface area contributed by atoms with Crippen molar-refractivity contribution in [3.8, 4) is 0 Å². The Hall–Kier alpha value is -3.59. The molecule has 2 aliphatic rings. The number of carbonyl (C=O) groups is 2. The number of likely N-dealkylation sites (tertiary alicyclic amines) is 1. The fourth-order valence-corrected chi connectivity index (χ4v) is 5.37. The second kappa shape index (κ2) is 10.9. The highest BCUT2D eigenvalue weighted by atomic mass is 16.3. The zero-order valence-electron chi connectivity index (χ0n) is 23.1. The minimum Gasteiger partial charge on any atom is -0.391 e. The molecule has 1 saturated carbocycles. The van der Waals surface area contributed by atoms with Gasteiger partial charge >= 0.3 is 0 Å². The van der Waals surface area contributed by atoms with E-state index in [0.717, 1.165) is 35.4 Å². The molecule has 0 spiro atoms. The average molecular weight is 531 g/mol. The van der Waals surface area contributed by atoms with Crippen LogP contribution < -0.4 is 5.32 Å². The number of amides is 2. The molecule has 1 aromatic carbocycles. The van der Waals surface area contributed by atoms with E-state index < -0.39 is 23.6 Å². The summed E-state index contributed by atoms with van der Waals surface area (Å²) in [5.41, 5.74) is 3.40. The number of aliphatic hydroxyl groups excluding tert-OH is 1. The number of aryl methyl sites for hydroxylation is 1. The SMILES string of the molecule is Cc1ccc(CC(NC(=O)[C@@H]2C[C@@H](O)CN2C(=O)[C@@H](n2cc(C3CC3)nn2)C(C)(C)C)c2ccccn2)cc1. The van der Waals surface area contributed by atoms with Crippen LogP contribution >= 0.6 is 0 Å². The van der Waals surface area contributed by atoms with E-state index in [9.17, 15) is 14.7 Å². The summed E-state index contributed by atoms with van der Waals surface area (Å²) in [5.74, 6) is -0.120. The zero-order valence-corrected chi connectivity index (χ0v) is 23.1. The van der Waals surface area contributed by atoms with Crippen molar-refractivity contribution in [3.05, 3.63) is 77.4 Å². The molecule has 206 valence electrons. The number of aromatic nitrogens is 4. The van der Waals surface area contributed by atoms with Gasteiger partial charge in [-0.1, -0.05) is 61.9 Å². The highest BCUT2D eigenvalue weighted by molar-refractivity contribution is 5.90. The van der Waals surface area contributed by atoms with Crippen LogP contribution in [0.25, 0.3) is 0 Å². The minimum absolute atomic E-state index is 0.0971. The van der Waals surface area contributed by atoms with Gasteiger partial charge in [-0.3, -0.25) is 14.6 Å². The first-order chi connectivity index (χ1) is 18.6. The van der Waals surface area contributed by atoms with Crippen LogP contribution in [0.15, 0.2) is 54.9 Å². The quantitative estimate of drug-likeness (QED) is 0.461. The molecule has 1 unspecified atom stereocenters. The number of hydrogen-bond acceptors (Lipinski definition) is 6. The molecule has 9 nitrogen and oxygen atoms in total. The lowest BCUT2D eigenvalue weighted by atomic mass is 9.85. The highest BCUT2D eigenvalue weighted by Crippen LogP contribution is 2.40. The standard InChI is InChI=1S/C30H38N6O3/c1-19-8-10-20(11-9-19)15-24(23-7-5-6-14-31-23)32-28(38)26-16-22(37)17-35(26)29(39)27(30(2,3)4)36-18-25(33-34-36)21-12-13-21/h5-11,14,18,21-22,24,26-27,37H,12-13,15-17H2,1-4H3,(H,32,38)/t22-,24?,26+,27-/m1/s1. The van der Waals surface area contributed by atoms with Crippen LogP contribution in [0.3, 0.4) is 0 Å². The number of benzene rings is 1. The van der Waals surface area contributed by atoms with Gasteiger partial charge in [0.25, 0.3) is 0 Å². The molecule has 1 saturated heterocycles. The molecule has 2 fully saturated rings. The van der Waals surface area contributed by atoms with Crippen molar-refractivity contribution in [1.29, 1.82) is 0 Å². The minimum atomic E-state index is -0.798. The predicted octanol–water partition coefficient (Wildman–Crippen LogP) is 3.51. The van der Waals surface area contributed by atoms with Crippen molar-refractivity contribution in [3.63, 3.8) is 0 Å². The fourth-order valence-electron chi connectivity index (χ4n) is 5.37. The number of rotatable bonds is 8. The molecule has 5 rings (SSSR count). The van der Waals surface area contributed by atoms with Crippen LogP contribution in [-0.4, -0.2) is 60.5 Å². The van der Waals surface area contributed by atoms with E-state index in [1.807, 2.05) is 64.2 Å². The lowest BCUT2D eigenvalue weighted by molar-refractivity contribution is -0.144. The topological polar surface area (TPSA) is 113 Å². The van der Waals surface area contributed by atoms with Gasteiger partial charge in [0.15, 0.2) is 0 Å². The van der Waals surface area contributed by atoms with Gasteiger partial charge in [0.1, 0.15) is 12.1 Å². The van der Waals surface area contributed by atoms with Crippen molar-refractivity contribution in [1.82, 2.24) is 30.2 Å². The largest absolute Gasteiger partial charge is 0.391 e. The van der Waals surface area contributed by atoms with Crippen molar-refractivity contribution in [2.24, 2.45) is 5.41 Å². The van der Waals surface area contributed by atoms with E-state index in [4.69, 9.17) is 0 Å². The third-order valence-corrected chi connectivity index (χ3v) is 7.63. The molecule has 0 bridgehead atoms. The van der Waals surface area contributed by atoms with Gasteiger partial charge in [-0.25, -0.2) is 4.68 Å². The number of nitrogens with zero attached hydrogens (tertiary/aromatic N) is 5. The molecule has 2 amide bonds. The molecule has 39 heavy (non-hydrogen) atoms. The van der Waals surface area contributed by atoms with Crippen LogP contribution in [0.1, 0.15) is 80.6 Å². The van der Waals surface area contributed by atoms with E-state index in [1.165, 1.54) is 4.90 Å². The molecule has 0 radical (unpaired) electrons. The van der Waals surface area contributed by atoms with E-state index in [0.29, 0.717) is 12.3 Å². The summed E-state index contributed by atoms with van der Waals surface area (Å²) in [6.45, 7) is 8.08. The smallest absolute Gasteiger partial charge is 0.248 e. The average Bonchev–Trinajstić information content (AvgIpc) is 3.51. The lowest BCUT2D eigenvalue weighted by Crippen LogP contribution is -2.51. The molecule has 3 heterocycles. The Kier molecular flexibility index (Phi) is 7.53. The summed E-state index contributed by atoms with van der Waals surface area (Å²) < 4.78 is 1.64. The molecule has 2 N–H and O–H groups in total. The Bertz CT molecular complexity index is 1300. The Morgan fingerprint density at radius 2 is 1.87 bits per heavy atom. The summed E-state index contributed by atoms with van der Waals surface area (Å²) >= 11 is 0. The van der Waals surface area contributed by atoms with Gasteiger partial charge in [-0.05, 0) is 49.3 Å². The number of aliphatic hydroxyl groups is 1. The van der Waals surface area contributed by atoms with Crippen molar-refractivity contribution >= 4 is 11.8 Å². The van der Waals surface area contributed by atoms with Crippen LogP contribution in [0.5, 0.6) is 0 Å². The second-order valence-corrected chi connectivity index (χ2v) is 12.1. The van der Waals surface area contributed by atoms with Gasteiger partial charge in [-0.15, -0.1) is 5.10 Å². The molecular weight excluding hydrogens is 492 g/mol. The third kappa shape index (κ3) is 6.19. The molecule has 9 heteroatoms. The highest BCUT2D eigenvalue weighted by Gasteiger charge is 2.45. The lowest BCUT2D eigenvalue weighted by Gasteiger charge is -2.35. The molecular formula is C30H38N6O3. The predicted molar refractivity (Wildman–Crippen MR) is 147 cm³/mol. The molecule has 3 aromatic rings. The first-order valence-electron chi connectivity index (χ1n) is 13.8. The normalized spacial score (nSPS) is 21.0. The van der Waals surface area contributed by atoms with Gasteiger partial charge in [0.2, 0.25) is 11.8 Å². The number of pyridine rings is 1. The first-order valence-corrected chi connectivity index (χ1v) is 13.8. The maximum Gasteiger partial charge on any atom is 0.248 e. The Morgan fingerprint density at radius 3 is 2.51 bits per heavy atom. The monoisotopic (exact) mass is 530 g/mol. The molecule has 2 aromatic heterocycles.